The van der Waals surface area contributed by atoms with Crippen molar-refractivity contribution in [2.24, 2.45) is 10.2 Å². The van der Waals surface area contributed by atoms with E-state index in [1.54, 1.807) is 31.2 Å². The Morgan fingerprint density at radius 3 is 2.38 bits per heavy atom. The molecule has 11 heteroatoms. The molecule has 0 saturated heterocycles. The first-order valence-electron chi connectivity index (χ1n) is 7.77. The number of carboxylic acid groups (broad SMARTS) is 1. The van der Waals surface area contributed by atoms with Crippen LogP contribution in [0.4, 0.5) is 11.4 Å². The fraction of sp³-hybridized carbons (Fsp3) is 0.0556. The van der Waals surface area contributed by atoms with Crippen LogP contribution in [0.3, 0.4) is 0 Å². The summed E-state index contributed by atoms with van der Waals surface area (Å²) in [6.45, 7) is 1.60. The summed E-state index contributed by atoms with van der Waals surface area (Å²) in [5.74, 6) is -1.98. The van der Waals surface area contributed by atoms with Gasteiger partial charge in [0.15, 0.2) is 5.75 Å². The van der Waals surface area contributed by atoms with Crippen LogP contribution in [0.1, 0.15) is 15.9 Å². The minimum absolute atomic E-state index is 0. The Bertz CT molecular complexity index is 1260. The maximum Gasteiger partial charge on any atom is 2.00 e. The van der Waals surface area contributed by atoms with Gasteiger partial charge in [-0.1, -0.05) is 35.9 Å². The van der Waals surface area contributed by atoms with Crippen molar-refractivity contribution in [3.8, 4) is 5.75 Å². The number of rotatable bonds is 4. The quantitative estimate of drug-likeness (QED) is 0.280. The first-order chi connectivity index (χ1) is 13.1. The van der Waals surface area contributed by atoms with Gasteiger partial charge in [0.2, 0.25) is 0 Å². The summed E-state index contributed by atoms with van der Waals surface area (Å²) in [5, 5.41) is 28.4. The summed E-state index contributed by atoms with van der Waals surface area (Å²) in [7, 11) is -4.65. The Hall–Kier alpha value is -2.49. The number of aromatic carboxylic acids is 1. The number of carboxylic acids is 1. The molecule has 0 atom stereocenters. The second kappa shape index (κ2) is 8.48. The third-order valence-corrected chi connectivity index (χ3v) is 5.29. The molecule has 3 aromatic rings. The van der Waals surface area contributed by atoms with Crippen LogP contribution in [0.15, 0.2) is 57.6 Å². The van der Waals surface area contributed by atoms with Crippen LogP contribution in [0.2, 0.25) is 5.02 Å². The van der Waals surface area contributed by atoms with Gasteiger partial charge in [-0.15, -0.1) is 10.2 Å². The number of aromatic hydroxyl groups is 1. The number of benzene rings is 3. The number of azo groups is 1. The molecule has 3 aromatic carbocycles. The fourth-order valence-electron chi connectivity index (χ4n) is 2.62. The van der Waals surface area contributed by atoms with Gasteiger partial charge in [-0.3, -0.25) is 4.55 Å². The Kier molecular flexibility index (Phi) is 6.67. The number of carbonyl (C=O) groups is 1. The molecule has 0 aliphatic rings. The van der Waals surface area contributed by atoms with Gasteiger partial charge in [-0.2, -0.15) is 8.42 Å². The van der Waals surface area contributed by atoms with E-state index < -0.39 is 26.7 Å². The largest absolute Gasteiger partial charge is 2.00 e. The monoisotopic (exact) mass is 475 g/mol. The van der Waals surface area contributed by atoms with Gasteiger partial charge in [0.1, 0.15) is 21.8 Å². The molecule has 0 aliphatic carbocycles. The third kappa shape index (κ3) is 4.58. The first-order valence-corrected chi connectivity index (χ1v) is 9.58. The molecule has 0 saturated carbocycles. The van der Waals surface area contributed by atoms with Crippen molar-refractivity contribution < 1.29 is 45.0 Å². The molecule has 0 amide bonds. The molecule has 29 heavy (non-hydrogen) atoms. The zero-order valence-electron chi connectivity index (χ0n) is 14.7. The first kappa shape index (κ1) is 22.8. The van der Waals surface area contributed by atoms with E-state index in [1.165, 1.54) is 12.1 Å². The molecular weight excluding hydrogens is 463 g/mol. The van der Waals surface area contributed by atoms with Gasteiger partial charge < -0.3 is 10.2 Å². The van der Waals surface area contributed by atoms with Crippen molar-refractivity contribution in [3.63, 3.8) is 0 Å². The zero-order chi connectivity index (χ0) is 20.6. The van der Waals surface area contributed by atoms with E-state index in [0.29, 0.717) is 16.3 Å². The van der Waals surface area contributed by atoms with Crippen LogP contribution in [0, 0.1) is 6.92 Å². The van der Waals surface area contributed by atoms with E-state index >= 15 is 0 Å². The van der Waals surface area contributed by atoms with Crippen molar-refractivity contribution in [3.05, 3.63) is 58.6 Å². The molecule has 3 N–H and O–H groups in total. The molecule has 0 aliphatic heterocycles. The van der Waals surface area contributed by atoms with Crippen LogP contribution < -0.4 is 0 Å². The molecule has 0 fully saturated rings. The van der Waals surface area contributed by atoms with E-state index in [-0.39, 0.29) is 39.0 Å². The molecule has 0 heterocycles. The minimum Gasteiger partial charge on any atom is -0.505 e. The van der Waals surface area contributed by atoms with Gasteiger partial charge in [0.05, 0.1) is 0 Å². The summed E-state index contributed by atoms with van der Waals surface area (Å²) in [6.07, 6.45) is 0. The smallest absolute Gasteiger partial charge is 0.505 e. The number of nitrogens with zero attached hydrogens (tertiary/aromatic N) is 2. The molecule has 149 valence electrons. The normalized spacial score (nSPS) is 11.6. The molecule has 8 nitrogen and oxygen atoms in total. The second-order valence-electron chi connectivity index (χ2n) is 5.89. The maximum atomic E-state index is 11.6. The van der Waals surface area contributed by atoms with Crippen molar-refractivity contribution in [2.45, 2.75) is 11.8 Å². The summed E-state index contributed by atoms with van der Waals surface area (Å²) in [4.78, 5) is 10.8. The minimum atomic E-state index is -4.65. The van der Waals surface area contributed by atoms with Gasteiger partial charge in [-0.25, -0.2) is 4.79 Å². The number of halogens is 1. The fourth-order valence-corrected chi connectivity index (χ4v) is 3.48. The average Bonchev–Trinajstić information content (AvgIpc) is 2.61. The zero-order valence-corrected chi connectivity index (χ0v) is 17.4. The Labute approximate surface area is 181 Å². The summed E-state index contributed by atoms with van der Waals surface area (Å²) in [5.41, 5.74) is -0.260. The van der Waals surface area contributed by atoms with Gasteiger partial charge in [-0.05, 0) is 36.1 Å². The van der Waals surface area contributed by atoms with Gasteiger partial charge in [0.25, 0.3) is 10.1 Å². The number of phenols is 1. The standard InChI is InChI=1S/C18H13ClN2O6S.Mn/c1-9-6-14(15(8-13(9)19)28(25,26)27)20-21-16-11-5-3-2-4-10(11)7-12(17(16)22)18(23)24;/h2-8,22H,1H3,(H,23,24)(H,25,26,27);/q;+2. The van der Waals surface area contributed by atoms with Crippen LogP contribution >= 0.6 is 11.6 Å². The van der Waals surface area contributed by atoms with Crippen molar-refractivity contribution in [1.29, 1.82) is 0 Å². The number of aryl methyl sites for hydroxylation is 1. The summed E-state index contributed by atoms with van der Waals surface area (Å²) < 4.78 is 32.6. The molecule has 0 aromatic heterocycles. The van der Waals surface area contributed by atoms with E-state index in [4.69, 9.17) is 11.6 Å². The number of hydrogen-bond acceptors (Lipinski definition) is 6. The molecular formula is C18H13ClMnN2O6S+2. The van der Waals surface area contributed by atoms with Crippen LogP contribution in [-0.2, 0) is 27.2 Å². The summed E-state index contributed by atoms with van der Waals surface area (Å²) in [6, 6.07) is 10.2. The molecule has 0 unspecified atom stereocenters. The van der Waals surface area contributed by atoms with Crippen molar-refractivity contribution in [1.82, 2.24) is 0 Å². The number of fused-ring (bicyclic) bond motifs is 1. The average molecular weight is 476 g/mol. The molecule has 0 bridgehead atoms. The van der Waals surface area contributed by atoms with Gasteiger partial charge in [0, 0.05) is 10.4 Å². The van der Waals surface area contributed by atoms with E-state index in [2.05, 4.69) is 10.2 Å². The van der Waals surface area contributed by atoms with Crippen LogP contribution in [0.25, 0.3) is 10.8 Å². The Balaban J connectivity index is 0.00000300. The van der Waals surface area contributed by atoms with E-state index in [9.17, 15) is 28.0 Å². The van der Waals surface area contributed by atoms with Crippen LogP contribution in [0.5, 0.6) is 5.75 Å². The third-order valence-electron chi connectivity index (χ3n) is 4.00. The Morgan fingerprint density at radius 1 is 1.10 bits per heavy atom. The second-order valence-corrected chi connectivity index (χ2v) is 7.69. The van der Waals surface area contributed by atoms with Crippen LogP contribution in [-0.4, -0.2) is 29.2 Å². The topological polar surface area (TPSA) is 137 Å². The number of hydrogen-bond donors (Lipinski definition) is 3. The molecule has 0 spiro atoms. The van der Waals surface area contributed by atoms with Crippen molar-refractivity contribution >= 4 is 49.8 Å². The van der Waals surface area contributed by atoms with E-state index in [0.717, 1.165) is 6.07 Å². The summed E-state index contributed by atoms with van der Waals surface area (Å²) >= 11 is 5.91. The maximum absolute atomic E-state index is 11.6. The predicted octanol–water partition coefficient (Wildman–Crippen LogP) is 4.87. The van der Waals surface area contributed by atoms with E-state index in [1.807, 2.05) is 0 Å². The predicted molar refractivity (Wildman–Crippen MR) is 103 cm³/mol. The Morgan fingerprint density at radius 2 is 1.76 bits per heavy atom. The molecule has 3 rings (SSSR count). The van der Waals surface area contributed by atoms with Crippen molar-refractivity contribution in [2.75, 3.05) is 0 Å². The SMILES string of the molecule is Cc1cc(N=Nc2c(O)c(C(=O)O)cc3ccccc23)c(S(=O)(=O)O)cc1Cl.[Mn+2]. The molecule has 1 radical (unpaired) electrons. The van der Waals surface area contributed by atoms with Gasteiger partial charge >= 0.3 is 23.0 Å².